The first-order valence-corrected chi connectivity index (χ1v) is 13.1. The van der Waals surface area contributed by atoms with Crippen molar-refractivity contribution in [2.45, 2.75) is 11.4 Å². The van der Waals surface area contributed by atoms with E-state index in [0.717, 1.165) is 16.6 Å². The van der Waals surface area contributed by atoms with Crippen LogP contribution in [-0.2, 0) is 25.9 Å². The van der Waals surface area contributed by atoms with Crippen LogP contribution in [-0.4, -0.2) is 65.1 Å². The molecule has 0 spiro atoms. The molecule has 0 radical (unpaired) electrons. The minimum absolute atomic E-state index is 0.00138. The molecule has 184 valence electrons. The number of rotatable bonds is 6. The highest BCUT2D eigenvalue weighted by atomic mass is 32.2. The summed E-state index contributed by atoms with van der Waals surface area (Å²) in [5.74, 6) is 0.230. The normalized spacial score (nSPS) is 18.3. The lowest BCUT2D eigenvalue weighted by Gasteiger charge is -2.40. The number of carbonyl (C=O) groups is 1. The average Bonchev–Trinajstić information content (AvgIpc) is 2.98. The molecule has 2 aliphatic rings. The van der Waals surface area contributed by atoms with E-state index in [1.54, 1.807) is 30.3 Å². The second-order valence-corrected chi connectivity index (χ2v) is 11.2. The highest BCUT2D eigenvalue weighted by molar-refractivity contribution is 7.91. The summed E-state index contributed by atoms with van der Waals surface area (Å²) in [5.41, 5.74) is 8.50. The van der Waals surface area contributed by atoms with E-state index in [9.17, 15) is 13.2 Å². The Morgan fingerprint density at radius 3 is 2.74 bits per heavy atom. The lowest BCUT2D eigenvalue weighted by Crippen LogP contribution is -2.52. The van der Waals surface area contributed by atoms with Gasteiger partial charge in [-0.05, 0) is 29.8 Å². The maximum atomic E-state index is 12.8. The van der Waals surface area contributed by atoms with Gasteiger partial charge >= 0.3 is 5.97 Å². The molecule has 0 saturated carbocycles. The van der Waals surface area contributed by atoms with Crippen molar-refractivity contribution in [3.8, 4) is 0 Å². The lowest BCUT2D eigenvalue weighted by molar-refractivity contribution is -0.0979. The van der Waals surface area contributed by atoms with E-state index in [1.807, 2.05) is 23.1 Å². The van der Waals surface area contributed by atoms with Gasteiger partial charge < -0.3 is 25.4 Å². The van der Waals surface area contributed by atoms with Crippen LogP contribution in [0.5, 0.6) is 0 Å². The lowest BCUT2D eigenvalue weighted by atomic mass is 9.86. The number of nitrogens with two attached hydrogens (primary N) is 1. The van der Waals surface area contributed by atoms with E-state index < -0.39 is 15.8 Å². The fraction of sp³-hybridized carbons (Fsp3) is 0.360. The van der Waals surface area contributed by atoms with Gasteiger partial charge in [-0.15, -0.1) is 0 Å². The van der Waals surface area contributed by atoms with Crippen LogP contribution in [0.15, 0.2) is 53.4 Å². The molecular weight excluding hydrogens is 468 g/mol. The van der Waals surface area contributed by atoms with E-state index >= 15 is 0 Å². The van der Waals surface area contributed by atoms with Crippen molar-refractivity contribution in [1.29, 1.82) is 0 Å². The zero-order valence-electron chi connectivity index (χ0n) is 19.5. The number of hydrogen-bond donors (Lipinski definition) is 2. The smallest absolute Gasteiger partial charge is 0.337 e. The van der Waals surface area contributed by atoms with Crippen molar-refractivity contribution in [2.75, 3.05) is 55.9 Å². The Kier molecular flexibility index (Phi) is 6.12. The SMILES string of the molecule is COC(=O)c1ccc2nc(N3CCS(=O)(=O)c4ccccc4C3)cc(NCC3(CN)COC3)c2c1. The number of carbonyl (C=O) groups excluding carboxylic acids is 1. The van der Waals surface area contributed by atoms with Gasteiger partial charge in [-0.25, -0.2) is 18.2 Å². The number of methoxy groups -OCH3 is 1. The fourth-order valence-corrected chi connectivity index (χ4v) is 5.99. The summed E-state index contributed by atoms with van der Waals surface area (Å²) in [6.45, 7) is 3.00. The fourth-order valence-electron chi connectivity index (χ4n) is 4.49. The first-order valence-electron chi connectivity index (χ1n) is 11.4. The largest absolute Gasteiger partial charge is 0.465 e. The first kappa shape index (κ1) is 23.5. The second kappa shape index (κ2) is 9.10. The Labute approximate surface area is 204 Å². The van der Waals surface area contributed by atoms with Crippen molar-refractivity contribution >= 4 is 38.2 Å². The van der Waals surface area contributed by atoms with Crippen molar-refractivity contribution in [2.24, 2.45) is 11.1 Å². The third-order valence-corrected chi connectivity index (χ3v) is 8.53. The molecule has 0 bridgehead atoms. The maximum Gasteiger partial charge on any atom is 0.337 e. The summed E-state index contributed by atoms with van der Waals surface area (Å²) in [6.07, 6.45) is 0. The van der Waals surface area contributed by atoms with Gasteiger partial charge in [0.2, 0.25) is 0 Å². The van der Waals surface area contributed by atoms with Crippen LogP contribution in [0, 0.1) is 5.41 Å². The maximum absolute atomic E-state index is 12.8. The molecule has 5 rings (SSSR count). The van der Waals surface area contributed by atoms with E-state index in [1.165, 1.54) is 7.11 Å². The molecule has 0 unspecified atom stereocenters. The second-order valence-electron chi connectivity index (χ2n) is 9.15. The first-order chi connectivity index (χ1) is 16.8. The molecule has 3 aromatic rings. The minimum Gasteiger partial charge on any atom is -0.465 e. The molecule has 3 heterocycles. The molecule has 1 fully saturated rings. The van der Waals surface area contributed by atoms with Crippen LogP contribution in [0.3, 0.4) is 0 Å². The Morgan fingerprint density at radius 1 is 1.23 bits per heavy atom. The van der Waals surface area contributed by atoms with Gasteiger partial charge in [-0.2, -0.15) is 0 Å². The van der Waals surface area contributed by atoms with Crippen LogP contribution in [0.1, 0.15) is 15.9 Å². The Morgan fingerprint density at radius 2 is 2.03 bits per heavy atom. The highest BCUT2D eigenvalue weighted by Gasteiger charge is 2.37. The predicted octanol–water partition coefficient (Wildman–Crippen LogP) is 2.20. The number of ether oxygens (including phenoxy) is 2. The van der Waals surface area contributed by atoms with E-state index in [0.29, 0.717) is 61.2 Å². The van der Waals surface area contributed by atoms with Gasteiger partial charge in [0.1, 0.15) is 5.82 Å². The molecule has 2 aromatic carbocycles. The van der Waals surface area contributed by atoms with Gasteiger partial charge in [-0.1, -0.05) is 18.2 Å². The minimum atomic E-state index is -3.38. The summed E-state index contributed by atoms with van der Waals surface area (Å²) in [6, 6.07) is 14.2. The molecule has 0 atom stereocenters. The summed E-state index contributed by atoms with van der Waals surface area (Å²) in [5, 5.41) is 4.27. The average molecular weight is 497 g/mol. The number of esters is 1. The molecule has 1 aromatic heterocycles. The van der Waals surface area contributed by atoms with Gasteiger partial charge in [-0.3, -0.25) is 0 Å². The molecule has 2 aliphatic heterocycles. The van der Waals surface area contributed by atoms with Crippen LogP contribution in [0.25, 0.3) is 10.9 Å². The summed E-state index contributed by atoms with van der Waals surface area (Å²) < 4.78 is 36.0. The number of nitrogens with zero attached hydrogens (tertiary/aromatic N) is 2. The van der Waals surface area contributed by atoms with Gasteiger partial charge in [0.05, 0.1) is 42.1 Å². The molecule has 9 nitrogen and oxygen atoms in total. The number of pyridine rings is 1. The van der Waals surface area contributed by atoms with Crippen LogP contribution in [0.2, 0.25) is 0 Å². The Balaban J connectivity index is 1.56. The topological polar surface area (TPSA) is 124 Å². The van der Waals surface area contributed by atoms with E-state index in [4.69, 9.17) is 20.2 Å². The van der Waals surface area contributed by atoms with Gasteiger partial charge in [0.25, 0.3) is 0 Å². The number of hydrogen-bond acceptors (Lipinski definition) is 9. The van der Waals surface area contributed by atoms with Crippen molar-refractivity contribution < 1.29 is 22.7 Å². The molecule has 0 aliphatic carbocycles. The Bertz CT molecular complexity index is 1380. The van der Waals surface area contributed by atoms with Crippen LogP contribution < -0.4 is 16.0 Å². The number of aromatic nitrogens is 1. The molecule has 1 saturated heterocycles. The van der Waals surface area contributed by atoms with E-state index in [2.05, 4.69) is 5.32 Å². The molecule has 35 heavy (non-hydrogen) atoms. The van der Waals surface area contributed by atoms with Crippen molar-refractivity contribution in [3.05, 3.63) is 59.7 Å². The molecule has 3 N–H and O–H groups in total. The van der Waals surface area contributed by atoms with Crippen LogP contribution in [0.4, 0.5) is 11.5 Å². The van der Waals surface area contributed by atoms with E-state index in [-0.39, 0.29) is 11.2 Å². The zero-order valence-corrected chi connectivity index (χ0v) is 20.3. The molecule has 10 heteroatoms. The number of anilines is 2. The van der Waals surface area contributed by atoms with Crippen molar-refractivity contribution in [3.63, 3.8) is 0 Å². The quantitative estimate of drug-likeness (QED) is 0.494. The third kappa shape index (κ3) is 4.44. The summed E-state index contributed by atoms with van der Waals surface area (Å²) in [4.78, 5) is 19.3. The number of benzene rings is 2. The molecular formula is C25H28N4O5S. The summed E-state index contributed by atoms with van der Waals surface area (Å²) >= 11 is 0. The monoisotopic (exact) mass is 496 g/mol. The standard InChI is InChI=1S/C25H28N4O5S/c1-33-24(30)17-6-7-20-19(10-17)21(27-14-25(13-26)15-34-16-25)11-23(28-20)29-8-9-35(31,32)22-5-3-2-4-18(22)12-29/h2-7,10-11H,8-9,12-16,26H2,1H3,(H,27,28). The van der Waals surface area contributed by atoms with Gasteiger partial charge in [0, 0.05) is 48.7 Å². The third-order valence-electron chi connectivity index (χ3n) is 6.74. The number of sulfone groups is 1. The summed E-state index contributed by atoms with van der Waals surface area (Å²) in [7, 11) is -2.04. The number of nitrogens with one attached hydrogen (secondary N) is 1. The predicted molar refractivity (Wildman–Crippen MR) is 133 cm³/mol. The zero-order chi connectivity index (χ0) is 24.6. The van der Waals surface area contributed by atoms with Crippen molar-refractivity contribution in [1.82, 2.24) is 4.98 Å². The molecule has 0 amide bonds. The highest BCUT2D eigenvalue weighted by Crippen LogP contribution is 2.33. The van der Waals surface area contributed by atoms with Crippen LogP contribution >= 0.6 is 0 Å². The van der Waals surface area contributed by atoms with Gasteiger partial charge in [0.15, 0.2) is 9.84 Å². The Hall–Kier alpha value is -3.21. The number of fused-ring (bicyclic) bond motifs is 2.